The first-order valence-electron chi connectivity index (χ1n) is 7.79. The molecule has 4 heteroatoms. The highest BCUT2D eigenvalue weighted by molar-refractivity contribution is 5.34. The number of nitrogens with zero attached hydrogens (tertiary/aromatic N) is 3. The first kappa shape index (κ1) is 14.3. The lowest BCUT2D eigenvalue weighted by atomic mass is 9.70. The topological polar surface area (TPSA) is 42.7 Å². The summed E-state index contributed by atoms with van der Waals surface area (Å²) in [5.41, 5.74) is 3.17. The van der Waals surface area contributed by atoms with Gasteiger partial charge in [0.15, 0.2) is 0 Å². The maximum absolute atomic E-state index is 4.23. The molecule has 1 aromatic heterocycles. The van der Waals surface area contributed by atoms with Crippen LogP contribution in [0.25, 0.3) is 0 Å². The van der Waals surface area contributed by atoms with Gasteiger partial charge in [0.2, 0.25) is 0 Å². The van der Waals surface area contributed by atoms with Gasteiger partial charge in [-0.05, 0) is 36.3 Å². The number of benzene rings is 1. The monoisotopic (exact) mass is 284 g/mol. The molecule has 1 aliphatic carbocycles. The van der Waals surface area contributed by atoms with E-state index >= 15 is 0 Å². The molecule has 3 rings (SSSR count). The van der Waals surface area contributed by atoms with E-state index in [4.69, 9.17) is 0 Å². The molecule has 0 amide bonds. The summed E-state index contributed by atoms with van der Waals surface area (Å²) >= 11 is 0. The lowest BCUT2D eigenvalue weighted by Gasteiger charge is -2.40. The molecule has 0 spiro atoms. The van der Waals surface area contributed by atoms with Gasteiger partial charge in [-0.1, -0.05) is 38.1 Å². The van der Waals surface area contributed by atoms with Crippen molar-refractivity contribution in [3.63, 3.8) is 0 Å². The Labute approximate surface area is 126 Å². The molecule has 1 heterocycles. The van der Waals surface area contributed by atoms with Crippen LogP contribution in [0.5, 0.6) is 0 Å². The normalized spacial score (nSPS) is 20.2. The van der Waals surface area contributed by atoms with Crippen molar-refractivity contribution < 1.29 is 0 Å². The fraction of sp³-hybridized carbons (Fsp3) is 0.529. The van der Waals surface area contributed by atoms with Gasteiger partial charge in [0.1, 0.15) is 12.2 Å². The highest BCUT2D eigenvalue weighted by Gasteiger charge is 2.35. The Kier molecular flexibility index (Phi) is 3.81. The summed E-state index contributed by atoms with van der Waals surface area (Å²) in [5, 5.41) is 12.0. The quantitative estimate of drug-likeness (QED) is 0.938. The highest BCUT2D eigenvalue weighted by Crippen LogP contribution is 2.43. The van der Waals surface area contributed by atoms with Crippen LogP contribution < -0.4 is 5.32 Å². The van der Waals surface area contributed by atoms with Crippen LogP contribution in [-0.2, 0) is 19.5 Å². The van der Waals surface area contributed by atoms with Gasteiger partial charge in [-0.2, -0.15) is 0 Å². The molecule has 21 heavy (non-hydrogen) atoms. The third-order valence-corrected chi connectivity index (χ3v) is 4.69. The van der Waals surface area contributed by atoms with E-state index in [-0.39, 0.29) is 5.41 Å². The van der Waals surface area contributed by atoms with Crippen molar-refractivity contribution in [3.8, 4) is 0 Å². The van der Waals surface area contributed by atoms with Gasteiger partial charge in [0.25, 0.3) is 0 Å². The van der Waals surface area contributed by atoms with Crippen molar-refractivity contribution in [2.45, 2.75) is 52.7 Å². The van der Waals surface area contributed by atoms with Gasteiger partial charge in [-0.3, -0.25) is 0 Å². The number of nitrogens with one attached hydrogen (secondary N) is 1. The number of aromatic nitrogens is 3. The fourth-order valence-electron chi connectivity index (χ4n) is 3.33. The summed E-state index contributed by atoms with van der Waals surface area (Å²) in [4.78, 5) is 0. The smallest absolute Gasteiger partial charge is 0.146 e. The predicted molar refractivity (Wildman–Crippen MR) is 83.8 cm³/mol. The van der Waals surface area contributed by atoms with E-state index in [0.717, 1.165) is 18.9 Å². The molecule has 0 saturated heterocycles. The fourth-order valence-corrected chi connectivity index (χ4v) is 3.33. The second-order valence-electron chi connectivity index (χ2n) is 6.53. The first-order valence-corrected chi connectivity index (χ1v) is 7.79. The van der Waals surface area contributed by atoms with Gasteiger partial charge < -0.3 is 9.88 Å². The van der Waals surface area contributed by atoms with Crippen LogP contribution in [0.2, 0.25) is 0 Å². The minimum atomic E-state index is 0.255. The molecule has 1 aromatic carbocycles. The number of fused-ring (bicyclic) bond motifs is 1. The molecular weight excluding hydrogens is 260 g/mol. The van der Waals surface area contributed by atoms with E-state index in [1.54, 1.807) is 6.33 Å². The summed E-state index contributed by atoms with van der Waals surface area (Å²) in [6.45, 7) is 8.49. The minimum absolute atomic E-state index is 0.255. The maximum Gasteiger partial charge on any atom is 0.146 e. The van der Waals surface area contributed by atoms with Gasteiger partial charge in [0.05, 0.1) is 6.54 Å². The zero-order chi connectivity index (χ0) is 14.9. The van der Waals surface area contributed by atoms with E-state index in [0.29, 0.717) is 6.04 Å². The van der Waals surface area contributed by atoms with Gasteiger partial charge in [-0.15, -0.1) is 10.2 Å². The molecule has 0 aliphatic heterocycles. The van der Waals surface area contributed by atoms with Crippen molar-refractivity contribution in [1.29, 1.82) is 0 Å². The second kappa shape index (κ2) is 5.60. The number of aryl methyl sites for hydroxylation is 2. The summed E-state index contributed by atoms with van der Waals surface area (Å²) < 4.78 is 2.09. The van der Waals surface area contributed by atoms with Crippen molar-refractivity contribution >= 4 is 0 Å². The van der Waals surface area contributed by atoms with Crippen LogP contribution in [0.15, 0.2) is 30.6 Å². The van der Waals surface area contributed by atoms with Crippen LogP contribution in [0, 0.1) is 5.41 Å². The summed E-state index contributed by atoms with van der Waals surface area (Å²) in [7, 11) is 0. The third-order valence-electron chi connectivity index (χ3n) is 4.69. The van der Waals surface area contributed by atoms with E-state index in [9.17, 15) is 0 Å². The standard InChI is InChI=1S/C17H24N4/c1-4-21-12-19-20-15(21)11-18-16-14-8-6-5-7-13(14)9-10-17(16,2)3/h5-8,12,16,18H,4,9-11H2,1-3H3. The van der Waals surface area contributed by atoms with Gasteiger partial charge >= 0.3 is 0 Å². The molecule has 0 fully saturated rings. The van der Waals surface area contributed by atoms with Crippen LogP contribution in [0.4, 0.5) is 0 Å². The average molecular weight is 284 g/mol. The number of hydrogen-bond acceptors (Lipinski definition) is 3. The Bertz CT molecular complexity index is 615. The van der Waals surface area contributed by atoms with Crippen molar-refractivity contribution in [2.75, 3.05) is 0 Å². The first-order chi connectivity index (χ1) is 10.1. The Hall–Kier alpha value is -1.68. The Balaban J connectivity index is 1.83. The summed E-state index contributed by atoms with van der Waals surface area (Å²) in [6, 6.07) is 9.17. The molecule has 1 atom stereocenters. The number of hydrogen-bond donors (Lipinski definition) is 1. The Morgan fingerprint density at radius 2 is 2.14 bits per heavy atom. The largest absolute Gasteiger partial charge is 0.317 e. The lowest BCUT2D eigenvalue weighted by molar-refractivity contribution is 0.206. The molecule has 0 radical (unpaired) electrons. The van der Waals surface area contributed by atoms with E-state index < -0.39 is 0 Å². The molecule has 0 saturated carbocycles. The van der Waals surface area contributed by atoms with E-state index in [2.05, 4.69) is 65.1 Å². The molecule has 0 bridgehead atoms. The zero-order valence-electron chi connectivity index (χ0n) is 13.1. The molecule has 4 nitrogen and oxygen atoms in total. The molecule has 112 valence electrons. The van der Waals surface area contributed by atoms with E-state index in [1.165, 1.54) is 24.0 Å². The molecular formula is C17H24N4. The van der Waals surface area contributed by atoms with Crippen LogP contribution in [-0.4, -0.2) is 14.8 Å². The van der Waals surface area contributed by atoms with Crippen LogP contribution >= 0.6 is 0 Å². The molecule has 1 unspecified atom stereocenters. The minimum Gasteiger partial charge on any atom is -0.317 e. The SMILES string of the molecule is CCn1cnnc1CNC1c2ccccc2CCC1(C)C. The van der Waals surface area contributed by atoms with Gasteiger partial charge in [0, 0.05) is 12.6 Å². The zero-order valence-corrected chi connectivity index (χ0v) is 13.1. The summed E-state index contributed by atoms with van der Waals surface area (Å²) in [5.74, 6) is 1.01. The lowest BCUT2D eigenvalue weighted by Crippen LogP contribution is -2.38. The Morgan fingerprint density at radius 1 is 1.33 bits per heavy atom. The van der Waals surface area contributed by atoms with Gasteiger partial charge in [-0.25, -0.2) is 0 Å². The van der Waals surface area contributed by atoms with Crippen LogP contribution in [0.1, 0.15) is 50.2 Å². The average Bonchev–Trinajstić information content (AvgIpc) is 2.93. The van der Waals surface area contributed by atoms with Crippen molar-refractivity contribution in [1.82, 2.24) is 20.1 Å². The van der Waals surface area contributed by atoms with E-state index in [1.807, 2.05) is 0 Å². The summed E-state index contributed by atoms with van der Waals surface area (Å²) in [6.07, 6.45) is 4.19. The highest BCUT2D eigenvalue weighted by atomic mass is 15.3. The number of rotatable bonds is 4. The third kappa shape index (κ3) is 2.72. The molecule has 1 N–H and O–H groups in total. The van der Waals surface area contributed by atoms with Crippen molar-refractivity contribution in [2.24, 2.45) is 5.41 Å². The maximum atomic E-state index is 4.23. The van der Waals surface area contributed by atoms with Crippen LogP contribution in [0.3, 0.4) is 0 Å². The van der Waals surface area contributed by atoms with Crippen molar-refractivity contribution in [3.05, 3.63) is 47.5 Å². The second-order valence-corrected chi connectivity index (χ2v) is 6.53. The molecule has 1 aliphatic rings. The molecule has 2 aromatic rings. The predicted octanol–water partition coefficient (Wildman–Crippen LogP) is 3.10. The Morgan fingerprint density at radius 3 is 2.95 bits per heavy atom.